The summed E-state index contributed by atoms with van der Waals surface area (Å²) >= 11 is 0. The van der Waals surface area contributed by atoms with E-state index in [1.54, 1.807) is 32.9 Å². The average molecular weight is 313 g/mol. The van der Waals surface area contributed by atoms with Crippen LogP contribution < -0.4 is 4.89 Å². The molecule has 7 heteroatoms. The number of carbonyl (C=O) groups is 1. The van der Waals surface area contributed by atoms with E-state index < -0.39 is 27.0 Å². The summed E-state index contributed by atoms with van der Waals surface area (Å²) in [5.41, 5.74) is -0.850. The molecule has 0 saturated heterocycles. The Hall–Kier alpha value is -1.44. The molecule has 0 aliphatic heterocycles. The van der Waals surface area contributed by atoms with Crippen molar-refractivity contribution in [2.75, 3.05) is 0 Å². The summed E-state index contributed by atoms with van der Waals surface area (Å²) in [7, 11) is -3.78. The third-order valence-corrected chi connectivity index (χ3v) is 4.53. The van der Waals surface area contributed by atoms with Crippen LogP contribution in [0.2, 0.25) is 0 Å². The molecule has 6 nitrogen and oxygen atoms in total. The SMILES string of the molecule is CC(C)(C)ONS(=O)(=O)c1ccc(C2(C(=O)O)CC2)cc1. The maximum absolute atomic E-state index is 12.0. The summed E-state index contributed by atoms with van der Waals surface area (Å²) in [4.78, 5) is 18.4. The van der Waals surface area contributed by atoms with Crippen molar-refractivity contribution < 1.29 is 23.2 Å². The minimum Gasteiger partial charge on any atom is -0.481 e. The van der Waals surface area contributed by atoms with Crippen LogP contribution in [-0.4, -0.2) is 25.1 Å². The highest BCUT2D eigenvalue weighted by atomic mass is 32.2. The second kappa shape index (κ2) is 5.08. The molecule has 0 unspecified atom stereocenters. The summed E-state index contributed by atoms with van der Waals surface area (Å²) in [5.74, 6) is -0.868. The van der Waals surface area contributed by atoms with Crippen LogP contribution in [0.4, 0.5) is 0 Å². The highest BCUT2D eigenvalue weighted by molar-refractivity contribution is 7.89. The fourth-order valence-corrected chi connectivity index (χ4v) is 2.88. The van der Waals surface area contributed by atoms with Gasteiger partial charge in [0.15, 0.2) is 0 Å². The number of hydrogen-bond donors (Lipinski definition) is 2. The van der Waals surface area contributed by atoms with Gasteiger partial charge in [0.2, 0.25) is 0 Å². The van der Waals surface area contributed by atoms with E-state index in [2.05, 4.69) is 4.89 Å². The van der Waals surface area contributed by atoms with Crippen LogP contribution in [0.15, 0.2) is 29.2 Å². The molecule has 1 saturated carbocycles. The molecule has 21 heavy (non-hydrogen) atoms. The standard InChI is InChI=1S/C14H19NO5S/c1-13(2,3)20-15-21(18,19)11-6-4-10(5-7-11)14(8-9-14)12(16)17/h4-7,15H,8-9H2,1-3H3,(H,16,17). The number of nitrogens with one attached hydrogen (secondary N) is 1. The largest absolute Gasteiger partial charge is 0.481 e. The minimum absolute atomic E-state index is 0.0386. The first-order valence-corrected chi connectivity index (χ1v) is 8.09. The zero-order valence-electron chi connectivity index (χ0n) is 12.2. The van der Waals surface area contributed by atoms with Crippen molar-refractivity contribution in [3.8, 4) is 0 Å². The number of aliphatic carboxylic acids is 1. The third kappa shape index (κ3) is 3.42. The first-order chi connectivity index (χ1) is 9.57. The molecule has 1 fully saturated rings. The van der Waals surface area contributed by atoms with Gasteiger partial charge < -0.3 is 5.11 Å². The predicted octanol–water partition coefficient (Wildman–Crippen LogP) is 1.81. The molecule has 0 amide bonds. The molecular formula is C14H19NO5S. The van der Waals surface area contributed by atoms with Gasteiger partial charge in [0.25, 0.3) is 10.0 Å². The summed E-state index contributed by atoms with van der Waals surface area (Å²) in [6, 6.07) is 5.89. The second-order valence-corrected chi connectivity index (χ2v) is 7.86. The van der Waals surface area contributed by atoms with Crippen LogP contribution >= 0.6 is 0 Å². The fraction of sp³-hybridized carbons (Fsp3) is 0.500. The molecule has 1 aliphatic carbocycles. The Morgan fingerprint density at radius 1 is 1.24 bits per heavy atom. The Bertz CT molecular complexity index is 639. The lowest BCUT2D eigenvalue weighted by Gasteiger charge is -2.19. The van der Waals surface area contributed by atoms with Crippen LogP contribution in [0.25, 0.3) is 0 Å². The number of carboxylic acid groups (broad SMARTS) is 1. The number of sulfonamides is 1. The molecule has 2 N–H and O–H groups in total. The first kappa shape index (κ1) is 15.9. The number of benzene rings is 1. The van der Waals surface area contributed by atoms with Crippen molar-refractivity contribution in [2.45, 2.75) is 49.5 Å². The number of rotatable bonds is 5. The quantitative estimate of drug-likeness (QED) is 0.809. The van der Waals surface area contributed by atoms with Crippen molar-refractivity contribution in [2.24, 2.45) is 0 Å². The molecule has 0 heterocycles. The van der Waals surface area contributed by atoms with Crippen molar-refractivity contribution in [1.82, 2.24) is 4.89 Å². The zero-order chi connectivity index (χ0) is 15.9. The van der Waals surface area contributed by atoms with Gasteiger partial charge in [-0.3, -0.25) is 9.63 Å². The monoisotopic (exact) mass is 313 g/mol. The molecular weight excluding hydrogens is 294 g/mol. The molecule has 0 radical (unpaired) electrons. The molecule has 1 aliphatic rings. The molecule has 2 rings (SSSR count). The first-order valence-electron chi connectivity index (χ1n) is 6.61. The van der Waals surface area contributed by atoms with E-state index in [9.17, 15) is 18.3 Å². The highest BCUT2D eigenvalue weighted by Crippen LogP contribution is 2.48. The van der Waals surface area contributed by atoms with Gasteiger partial charge in [-0.15, -0.1) is 0 Å². The number of carboxylic acids is 1. The van der Waals surface area contributed by atoms with Crippen molar-refractivity contribution in [1.29, 1.82) is 0 Å². The van der Waals surface area contributed by atoms with Gasteiger partial charge in [0.05, 0.1) is 15.9 Å². The Morgan fingerprint density at radius 3 is 2.14 bits per heavy atom. The van der Waals surface area contributed by atoms with Crippen molar-refractivity contribution >= 4 is 16.0 Å². The molecule has 0 bridgehead atoms. The van der Waals surface area contributed by atoms with Gasteiger partial charge in [-0.1, -0.05) is 17.0 Å². The van der Waals surface area contributed by atoms with Crippen LogP contribution in [0.3, 0.4) is 0 Å². The summed E-state index contributed by atoms with van der Waals surface area (Å²) < 4.78 is 24.1. The van der Waals surface area contributed by atoms with Crippen LogP contribution in [-0.2, 0) is 25.1 Å². The molecule has 0 aromatic heterocycles. The summed E-state index contributed by atoms with van der Waals surface area (Å²) in [6.07, 6.45) is 1.17. The van der Waals surface area contributed by atoms with Gasteiger partial charge in [0.1, 0.15) is 0 Å². The predicted molar refractivity (Wildman–Crippen MR) is 76.1 cm³/mol. The molecule has 116 valence electrons. The van der Waals surface area contributed by atoms with E-state index >= 15 is 0 Å². The van der Waals surface area contributed by atoms with E-state index in [4.69, 9.17) is 4.84 Å². The van der Waals surface area contributed by atoms with Crippen molar-refractivity contribution in [3.63, 3.8) is 0 Å². The van der Waals surface area contributed by atoms with Crippen LogP contribution in [0.5, 0.6) is 0 Å². The van der Waals surface area contributed by atoms with Gasteiger partial charge >= 0.3 is 5.97 Å². The van der Waals surface area contributed by atoms with Gasteiger partial charge in [0, 0.05) is 0 Å². The maximum atomic E-state index is 12.0. The Labute approximate surface area is 124 Å². The summed E-state index contributed by atoms with van der Waals surface area (Å²) in [5, 5.41) is 9.21. The maximum Gasteiger partial charge on any atom is 0.314 e. The normalized spacial score (nSPS) is 17.5. The average Bonchev–Trinajstić information content (AvgIpc) is 3.17. The topological polar surface area (TPSA) is 92.7 Å². The van der Waals surface area contributed by atoms with Gasteiger partial charge in [-0.25, -0.2) is 8.42 Å². The number of hydrogen-bond acceptors (Lipinski definition) is 4. The van der Waals surface area contributed by atoms with Crippen LogP contribution in [0.1, 0.15) is 39.2 Å². The Kier molecular flexibility index (Phi) is 3.86. The molecule has 1 aromatic carbocycles. The van der Waals surface area contributed by atoms with E-state index in [0.717, 1.165) is 0 Å². The molecule has 0 spiro atoms. The zero-order valence-corrected chi connectivity index (χ0v) is 13.0. The van der Waals surface area contributed by atoms with E-state index in [0.29, 0.717) is 18.4 Å². The smallest absolute Gasteiger partial charge is 0.314 e. The van der Waals surface area contributed by atoms with Crippen LogP contribution in [0, 0.1) is 0 Å². The summed E-state index contributed by atoms with van der Waals surface area (Å²) in [6.45, 7) is 5.17. The van der Waals surface area contributed by atoms with Gasteiger partial charge in [-0.2, -0.15) is 0 Å². The third-order valence-electron chi connectivity index (χ3n) is 3.33. The van der Waals surface area contributed by atoms with E-state index in [-0.39, 0.29) is 4.90 Å². The lowest BCUT2D eigenvalue weighted by molar-refractivity contribution is -0.140. The molecule has 1 aromatic rings. The van der Waals surface area contributed by atoms with Crippen molar-refractivity contribution in [3.05, 3.63) is 29.8 Å². The Balaban J connectivity index is 2.17. The second-order valence-electron chi connectivity index (χ2n) is 6.21. The Morgan fingerprint density at radius 2 is 1.76 bits per heavy atom. The van der Waals surface area contributed by atoms with E-state index in [1.807, 2.05) is 0 Å². The lowest BCUT2D eigenvalue weighted by Crippen LogP contribution is -2.33. The highest BCUT2D eigenvalue weighted by Gasteiger charge is 2.51. The van der Waals surface area contributed by atoms with E-state index in [1.165, 1.54) is 12.1 Å². The van der Waals surface area contributed by atoms with Gasteiger partial charge in [-0.05, 0) is 51.3 Å². The fourth-order valence-electron chi connectivity index (χ4n) is 1.93. The molecule has 0 atom stereocenters. The lowest BCUT2D eigenvalue weighted by atomic mass is 9.96. The minimum atomic E-state index is -3.78.